The molecule has 39 heavy (non-hydrogen) atoms. The van der Waals surface area contributed by atoms with E-state index in [0.29, 0.717) is 5.69 Å². The van der Waals surface area contributed by atoms with Gasteiger partial charge >= 0.3 is 12.1 Å². The number of amides is 2. The molecule has 196 valence electrons. The van der Waals surface area contributed by atoms with Crippen molar-refractivity contribution in [3.05, 3.63) is 114 Å². The second-order valence-corrected chi connectivity index (χ2v) is 9.52. The van der Waals surface area contributed by atoms with Crippen LogP contribution in [-0.2, 0) is 20.7 Å². The Balaban J connectivity index is 1.20. The van der Waals surface area contributed by atoms with Crippen LogP contribution in [0, 0.1) is 0 Å². The third kappa shape index (κ3) is 5.83. The van der Waals surface area contributed by atoms with E-state index < -0.39 is 18.1 Å². The van der Waals surface area contributed by atoms with Gasteiger partial charge in [-0.1, -0.05) is 84.9 Å². The van der Waals surface area contributed by atoms with Crippen LogP contribution in [-0.4, -0.2) is 35.7 Å². The summed E-state index contributed by atoms with van der Waals surface area (Å²) in [7, 11) is 0. The summed E-state index contributed by atoms with van der Waals surface area (Å²) < 4.78 is 5.53. The molecule has 7 nitrogen and oxygen atoms in total. The van der Waals surface area contributed by atoms with Crippen LogP contribution in [0.3, 0.4) is 0 Å². The Morgan fingerprint density at radius 1 is 0.795 bits per heavy atom. The van der Waals surface area contributed by atoms with Crippen molar-refractivity contribution in [2.45, 2.75) is 25.3 Å². The highest BCUT2D eigenvalue weighted by molar-refractivity contribution is 5.89. The fourth-order valence-corrected chi connectivity index (χ4v) is 5.00. The maximum atomic E-state index is 12.6. The molecule has 0 radical (unpaired) electrons. The Kier molecular flexibility index (Phi) is 7.41. The molecule has 0 unspecified atom stereocenters. The van der Waals surface area contributed by atoms with Gasteiger partial charge in [0.15, 0.2) is 0 Å². The molecule has 0 bridgehead atoms. The number of rotatable bonds is 8. The number of carbonyl (C=O) groups is 3. The summed E-state index contributed by atoms with van der Waals surface area (Å²) in [6, 6.07) is 29.9. The number of alkyl carbamates (subject to hydrolysis) is 1. The lowest BCUT2D eigenvalue weighted by atomic mass is 9.98. The van der Waals surface area contributed by atoms with Crippen molar-refractivity contribution >= 4 is 23.7 Å². The van der Waals surface area contributed by atoms with E-state index in [4.69, 9.17) is 4.74 Å². The molecule has 4 aromatic carbocycles. The maximum absolute atomic E-state index is 12.6. The minimum Gasteiger partial charge on any atom is -0.480 e. The molecule has 2 amide bonds. The lowest BCUT2D eigenvalue weighted by Gasteiger charge is -2.17. The topological polar surface area (TPSA) is 105 Å². The van der Waals surface area contributed by atoms with Crippen LogP contribution in [0.5, 0.6) is 0 Å². The quantitative estimate of drug-likeness (QED) is 0.271. The molecule has 0 aromatic heterocycles. The molecule has 0 saturated heterocycles. The Morgan fingerprint density at radius 3 is 1.87 bits per heavy atom. The van der Waals surface area contributed by atoms with Crippen molar-refractivity contribution in [3.8, 4) is 22.3 Å². The smallest absolute Gasteiger partial charge is 0.407 e. The number of nitrogens with one attached hydrogen (secondary N) is 2. The number of benzene rings is 4. The first-order valence-electron chi connectivity index (χ1n) is 12.7. The van der Waals surface area contributed by atoms with Gasteiger partial charge < -0.3 is 20.5 Å². The molecule has 1 aliphatic carbocycles. The van der Waals surface area contributed by atoms with E-state index in [1.165, 1.54) is 6.92 Å². The van der Waals surface area contributed by atoms with Gasteiger partial charge in [0.2, 0.25) is 5.91 Å². The van der Waals surface area contributed by atoms with E-state index in [2.05, 4.69) is 22.8 Å². The molecule has 0 fully saturated rings. The van der Waals surface area contributed by atoms with Crippen LogP contribution < -0.4 is 10.6 Å². The Labute approximate surface area is 226 Å². The number of hydrogen-bond acceptors (Lipinski definition) is 4. The summed E-state index contributed by atoms with van der Waals surface area (Å²) in [6.07, 6.45) is -0.651. The number of fused-ring (bicyclic) bond motifs is 3. The summed E-state index contributed by atoms with van der Waals surface area (Å²) in [4.78, 5) is 35.8. The highest BCUT2D eigenvalue weighted by atomic mass is 16.5. The molecule has 7 heteroatoms. The lowest BCUT2D eigenvalue weighted by molar-refractivity contribution is -0.139. The Morgan fingerprint density at radius 2 is 1.33 bits per heavy atom. The van der Waals surface area contributed by atoms with Gasteiger partial charge in [-0.05, 0) is 51.1 Å². The van der Waals surface area contributed by atoms with Crippen LogP contribution >= 0.6 is 0 Å². The summed E-state index contributed by atoms with van der Waals surface area (Å²) in [5, 5.41) is 15.0. The molecule has 4 aromatic rings. The maximum Gasteiger partial charge on any atom is 0.407 e. The molecule has 3 N–H and O–H groups in total. The third-order valence-electron chi connectivity index (χ3n) is 6.87. The largest absolute Gasteiger partial charge is 0.480 e. The number of ether oxygens (including phenoxy) is 1. The predicted octanol–water partition coefficient (Wildman–Crippen LogP) is 5.85. The first-order chi connectivity index (χ1) is 18.9. The summed E-state index contributed by atoms with van der Waals surface area (Å²) in [5.74, 6) is -1.38. The lowest BCUT2D eigenvalue weighted by Crippen LogP contribution is -2.42. The van der Waals surface area contributed by atoms with E-state index >= 15 is 0 Å². The van der Waals surface area contributed by atoms with E-state index in [1.807, 2.05) is 84.9 Å². The van der Waals surface area contributed by atoms with Crippen molar-refractivity contribution < 1.29 is 24.2 Å². The van der Waals surface area contributed by atoms with Gasteiger partial charge in [-0.3, -0.25) is 4.79 Å². The minimum absolute atomic E-state index is 0.105. The number of anilines is 1. The average Bonchev–Trinajstić information content (AvgIpc) is 3.26. The molecule has 0 heterocycles. The van der Waals surface area contributed by atoms with Crippen molar-refractivity contribution in [3.63, 3.8) is 0 Å². The average molecular weight is 521 g/mol. The second-order valence-electron chi connectivity index (χ2n) is 9.52. The van der Waals surface area contributed by atoms with Crippen LogP contribution in [0.4, 0.5) is 10.5 Å². The van der Waals surface area contributed by atoms with Crippen molar-refractivity contribution in [2.75, 3.05) is 11.9 Å². The van der Waals surface area contributed by atoms with E-state index in [-0.39, 0.29) is 24.9 Å². The Bertz CT molecular complexity index is 1470. The molecule has 1 aliphatic rings. The fraction of sp³-hybridized carbons (Fsp3) is 0.156. The van der Waals surface area contributed by atoms with Gasteiger partial charge in [-0.25, -0.2) is 9.59 Å². The molecule has 1 atom stereocenters. The summed E-state index contributed by atoms with van der Waals surface area (Å²) in [5.41, 5.74) is 7.81. The van der Waals surface area contributed by atoms with Gasteiger partial charge in [0.05, 0.1) is 0 Å². The predicted molar refractivity (Wildman–Crippen MR) is 150 cm³/mol. The molecule has 0 saturated carbocycles. The SMILES string of the molecule is CC(=O)Nc1ccc(-c2ccc(C[C@@H](NC(=O)OCC3c4ccccc4-c4ccccc43)C(=O)O)cc2)cc1. The first-order valence-corrected chi connectivity index (χ1v) is 12.7. The third-order valence-corrected chi connectivity index (χ3v) is 6.87. The normalized spacial score (nSPS) is 12.6. The number of carboxylic acids is 1. The zero-order chi connectivity index (χ0) is 27.4. The number of carbonyl (C=O) groups excluding carboxylic acids is 2. The van der Waals surface area contributed by atoms with E-state index in [1.54, 1.807) is 0 Å². The van der Waals surface area contributed by atoms with Gasteiger partial charge in [0.1, 0.15) is 12.6 Å². The number of carboxylic acid groups (broad SMARTS) is 1. The van der Waals surface area contributed by atoms with E-state index in [9.17, 15) is 19.5 Å². The molecular weight excluding hydrogens is 492 g/mol. The summed E-state index contributed by atoms with van der Waals surface area (Å²) >= 11 is 0. The first kappa shape index (κ1) is 25.7. The molecule has 0 aliphatic heterocycles. The highest BCUT2D eigenvalue weighted by Crippen LogP contribution is 2.44. The van der Waals surface area contributed by atoms with Crippen LogP contribution in [0.25, 0.3) is 22.3 Å². The molecule has 0 spiro atoms. The fourth-order valence-electron chi connectivity index (χ4n) is 5.00. The van der Waals surface area contributed by atoms with E-state index in [0.717, 1.165) is 38.9 Å². The van der Waals surface area contributed by atoms with Gasteiger partial charge in [-0.15, -0.1) is 0 Å². The zero-order valence-electron chi connectivity index (χ0n) is 21.4. The number of hydrogen-bond donors (Lipinski definition) is 3. The monoisotopic (exact) mass is 520 g/mol. The molecule has 5 rings (SSSR count). The number of aliphatic carboxylic acids is 1. The minimum atomic E-state index is -1.14. The second kappa shape index (κ2) is 11.2. The van der Waals surface area contributed by atoms with Crippen molar-refractivity contribution in [2.24, 2.45) is 0 Å². The van der Waals surface area contributed by atoms with Crippen LogP contribution in [0.15, 0.2) is 97.1 Å². The van der Waals surface area contributed by atoms with Crippen LogP contribution in [0.2, 0.25) is 0 Å². The Hall–Kier alpha value is -4.91. The van der Waals surface area contributed by atoms with Crippen molar-refractivity contribution in [1.82, 2.24) is 5.32 Å². The zero-order valence-corrected chi connectivity index (χ0v) is 21.4. The molecular formula is C32H28N2O5. The van der Waals surface area contributed by atoms with Crippen molar-refractivity contribution in [1.29, 1.82) is 0 Å². The van der Waals surface area contributed by atoms with Gasteiger partial charge in [0, 0.05) is 24.9 Å². The van der Waals surface area contributed by atoms with Gasteiger partial charge in [0.25, 0.3) is 0 Å². The summed E-state index contributed by atoms with van der Waals surface area (Å²) in [6.45, 7) is 1.57. The standard InChI is InChI=1S/C32H28N2O5/c1-20(35)33-24-16-14-23(15-17-24)22-12-10-21(11-13-22)18-30(31(36)37)34-32(38)39-19-29-27-8-4-2-6-25(27)26-7-3-5-9-28(26)29/h2-17,29-30H,18-19H2,1H3,(H,33,35)(H,34,38)(H,36,37)/t30-/m1/s1. The highest BCUT2D eigenvalue weighted by Gasteiger charge is 2.29. The van der Waals surface area contributed by atoms with Crippen LogP contribution in [0.1, 0.15) is 29.5 Å². The van der Waals surface area contributed by atoms with Gasteiger partial charge in [-0.2, -0.15) is 0 Å².